The molecule has 0 aliphatic heterocycles. The molecule has 0 radical (unpaired) electrons. The van der Waals surface area contributed by atoms with Crippen LogP contribution in [-0.4, -0.2) is 0 Å². The van der Waals surface area contributed by atoms with Gasteiger partial charge in [0.2, 0.25) is 0 Å². The van der Waals surface area contributed by atoms with E-state index in [0.717, 1.165) is 17.4 Å². The lowest BCUT2D eigenvalue weighted by molar-refractivity contribution is 0.231. The van der Waals surface area contributed by atoms with Crippen LogP contribution in [0.1, 0.15) is 75.0 Å². The molecule has 108 valence electrons. The molecule has 0 spiro atoms. The zero-order valence-electron chi connectivity index (χ0n) is 12.7. The Morgan fingerprint density at radius 3 is 2.47 bits per heavy atom. The van der Waals surface area contributed by atoms with Gasteiger partial charge in [-0.25, -0.2) is 0 Å². The average molecular weight is 263 g/mol. The number of hydrogen-bond acceptors (Lipinski definition) is 2. The lowest BCUT2D eigenvalue weighted by atomic mass is 9.75. The van der Waals surface area contributed by atoms with E-state index >= 15 is 0 Å². The summed E-state index contributed by atoms with van der Waals surface area (Å²) < 4.78 is 5.62. The Labute approximate surface area is 117 Å². The molecular formula is C17H29NO. The van der Waals surface area contributed by atoms with Gasteiger partial charge in [0, 0.05) is 11.6 Å². The number of aryl methyl sites for hydroxylation is 2. The minimum Gasteiger partial charge on any atom is -0.466 e. The molecule has 1 saturated carbocycles. The van der Waals surface area contributed by atoms with Crippen LogP contribution in [-0.2, 0) is 0 Å². The number of hydrogen-bond donors (Lipinski definition) is 1. The SMILES string of the molecule is CCCCC1CCC(C(N)c2cc(C)oc2C)CC1. The molecule has 1 aromatic rings. The summed E-state index contributed by atoms with van der Waals surface area (Å²) in [6, 6.07) is 2.30. The molecular weight excluding hydrogens is 234 g/mol. The van der Waals surface area contributed by atoms with Gasteiger partial charge in [0.1, 0.15) is 11.5 Å². The summed E-state index contributed by atoms with van der Waals surface area (Å²) in [6.45, 7) is 6.32. The third-order valence-corrected chi connectivity index (χ3v) is 4.80. The maximum Gasteiger partial charge on any atom is 0.105 e. The van der Waals surface area contributed by atoms with Gasteiger partial charge in [-0.15, -0.1) is 0 Å². The van der Waals surface area contributed by atoms with Crippen molar-refractivity contribution in [3.05, 3.63) is 23.2 Å². The van der Waals surface area contributed by atoms with Crippen LogP contribution in [0.2, 0.25) is 0 Å². The Bertz CT molecular complexity index is 388. The van der Waals surface area contributed by atoms with Gasteiger partial charge in [0.25, 0.3) is 0 Å². The van der Waals surface area contributed by atoms with Crippen LogP contribution in [0.3, 0.4) is 0 Å². The van der Waals surface area contributed by atoms with Crippen molar-refractivity contribution < 1.29 is 4.42 Å². The van der Waals surface area contributed by atoms with Crippen LogP contribution in [0, 0.1) is 25.7 Å². The number of rotatable bonds is 5. The zero-order valence-corrected chi connectivity index (χ0v) is 12.7. The first-order valence-corrected chi connectivity index (χ1v) is 7.94. The summed E-state index contributed by atoms with van der Waals surface area (Å²) in [5.74, 6) is 3.60. The zero-order chi connectivity index (χ0) is 13.8. The fourth-order valence-electron chi connectivity index (χ4n) is 3.56. The van der Waals surface area contributed by atoms with Crippen LogP contribution >= 0.6 is 0 Å². The quantitative estimate of drug-likeness (QED) is 0.821. The topological polar surface area (TPSA) is 39.2 Å². The van der Waals surface area contributed by atoms with Crippen LogP contribution < -0.4 is 5.73 Å². The van der Waals surface area contributed by atoms with E-state index in [0.29, 0.717) is 5.92 Å². The van der Waals surface area contributed by atoms with Crippen LogP contribution in [0.4, 0.5) is 0 Å². The van der Waals surface area contributed by atoms with Gasteiger partial charge in [-0.3, -0.25) is 0 Å². The molecule has 0 amide bonds. The first-order valence-electron chi connectivity index (χ1n) is 7.94. The molecule has 1 heterocycles. The smallest absolute Gasteiger partial charge is 0.105 e. The molecule has 1 aliphatic rings. The first-order chi connectivity index (χ1) is 9.11. The first kappa shape index (κ1) is 14.6. The van der Waals surface area contributed by atoms with Crippen LogP contribution in [0.5, 0.6) is 0 Å². The van der Waals surface area contributed by atoms with Gasteiger partial charge < -0.3 is 10.2 Å². The molecule has 19 heavy (non-hydrogen) atoms. The highest BCUT2D eigenvalue weighted by Crippen LogP contribution is 2.38. The molecule has 1 aromatic heterocycles. The summed E-state index contributed by atoms with van der Waals surface area (Å²) in [5.41, 5.74) is 7.70. The van der Waals surface area contributed by atoms with Gasteiger partial charge in [-0.05, 0) is 44.6 Å². The summed E-state index contributed by atoms with van der Waals surface area (Å²) in [5, 5.41) is 0. The van der Waals surface area contributed by atoms with Crippen molar-refractivity contribution in [2.45, 2.75) is 71.8 Å². The molecule has 2 nitrogen and oxygen atoms in total. The van der Waals surface area contributed by atoms with Gasteiger partial charge in [-0.1, -0.05) is 39.0 Å². The summed E-state index contributed by atoms with van der Waals surface area (Å²) in [6.07, 6.45) is 9.46. The standard InChI is InChI=1S/C17H29NO/c1-4-5-6-14-7-9-15(10-8-14)17(18)16-11-12(2)19-13(16)3/h11,14-15,17H,4-10,18H2,1-3H3. The van der Waals surface area contributed by atoms with Crippen molar-refractivity contribution in [3.8, 4) is 0 Å². The largest absolute Gasteiger partial charge is 0.466 e. The Morgan fingerprint density at radius 1 is 1.26 bits per heavy atom. The van der Waals surface area contributed by atoms with E-state index in [1.54, 1.807) is 0 Å². The Morgan fingerprint density at radius 2 is 1.95 bits per heavy atom. The fourth-order valence-corrected chi connectivity index (χ4v) is 3.56. The molecule has 2 N–H and O–H groups in total. The second kappa shape index (κ2) is 6.60. The maximum atomic E-state index is 6.47. The third-order valence-electron chi connectivity index (χ3n) is 4.80. The highest BCUT2D eigenvalue weighted by Gasteiger charge is 2.27. The molecule has 1 unspecified atom stereocenters. The van der Waals surface area contributed by atoms with E-state index in [1.807, 2.05) is 13.8 Å². The lowest BCUT2D eigenvalue weighted by Gasteiger charge is -2.32. The Hall–Kier alpha value is -0.760. The van der Waals surface area contributed by atoms with Crippen molar-refractivity contribution in [1.29, 1.82) is 0 Å². The minimum atomic E-state index is 0.171. The van der Waals surface area contributed by atoms with Crippen LogP contribution in [0.25, 0.3) is 0 Å². The van der Waals surface area contributed by atoms with Gasteiger partial charge in [0.05, 0.1) is 0 Å². The predicted octanol–water partition coefficient (Wildman–Crippen LogP) is 4.89. The van der Waals surface area contributed by atoms with Gasteiger partial charge in [-0.2, -0.15) is 0 Å². The second-order valence-electron chi connectivity index (χ2n) is 6.32. The normalized spacial score (nSPS) is 25.5. The van der Waals surface area contributed by atoms with Crippen molar-refractivity contribution in [1.82, 2.24) is 0 Å². The van der Waals surface area contributed by atoms with Gasteiger partial charge >= 0.3 is 0 Å². The third kappa shape index (κ3) is 3.62. The lowest BCUT2D eigenvalue weighted by Crippen LogP contribution is -2.26. The molecule has 2 heteroatoms. The van der Waals surface area contributed by atoms with Crippen molar-refractivity contribution in [2.24, 2.45) is 17.6 Å². The van der Waals surface area contributed by atoms with Crippen LogP contribution in [0.15, 0.2) is 10.5 Å². The highest BCUT2D eigenvalue weighted by atomic mass is 16.3. The molecule has 1 aliphatic carbocycles. The van der Waals surface area contributed by atoms with Gasteiger partial charge in [0.15, 0.2) is 0 Å². The molecule has 1 fully saturated rings. The second-order valence-corrected chi connectivity index (χ2v) is 6.32. The van der Waals surface area contributed by atoms with Crippen molar-refractivity contribution >= 4 is 0 Å². The van der Waals surface area contributed by atoms with E-state index in [2.05, 4.69) is 13.0 Å². The van der Waals surface area contributed by atoms with Crippen molar-refractivity contribution in [3.63, 3.8) is 0 Å². The highest BCUT2D eigenvalue weighted by molar-refractivity contribution is 5.24. The molecule has 0 saturated heterocycles. The molecule has 0 bridgehead atoms. The van der Waals surface area contributed by atoms with Crippen molar-refractivity contribution in [2.75, 3.05) is 0 Å². The predicted molar refractivity (Wildman–Crippen MR) is 80.1 cm³/mol. The number of unbranched alkanes of at least 4 members (excludes halogenated alkanes) is 1. The monoisotopic (exact) mass is 263 g/mol. The van der Waals surface area contributed by atoms with E-state index in [9.17, 15) is 0 Å². The summed E-state index contributed by atoms with van der Waals surface area (Å²) >= 11 is 0. The Kier molecular flexibility index (Phi) is 5.09. The number of nitrogens with two attached hydrogens (primary N) is 1. The maximum absolute atomic E-state index is 6.47. The summed E-state index contributed by atoms with van der Waals surface area (Å²) in [7, 11) is 0. The van der Waals surface area contributed by atoms with E-state index in [-0.39, 0.29) is 6.04 Å². The average Bonchev–Trinajstić information content (AvgIpc) is 2.75. The van der Waals surface area contributed by atoms with E-state index in [4.69, 9.17) is 10.2 Å². The van der Waals surface area contributed by atoms with E-state index in [1.165, 1.54) is 50.5 Å². The number of furan rings is 1. The van der Waals surface area contributed by atoms with E-state index < -0.39 is 0 Å². The summed E-state index contributed by atoms with van der Waals surface area (Å²) in [4.78, 5) is 0. The fraction of sp³-hybridized carbons (Fsp3) is 0.765. The molecule has 1 atom stereocenters. The molecule has 2 rings (SSSR count). The minimum absolute atomic E-state index is 0.171. The molecule has 0 aromatic carbocycles. The Balaban J connectivity index is 1.89.